The molecule has 2 aromatic carbocycles. The summed E-state index contributed by atoms with van der Waals surface area (Å²) in [6.07, 6.45) is -0.315. The highest BCUT2D eigenvalue weighted by atomic mass is 16.5. The number of aromatic nitrogens is 1. The molecule has 1 aliphatic rings. The number of ether oxygens (including phenoxy) is 2. The van der Waals surface area contributed by atoms with Crippen LogP contribution < -0.4 is 15.2 Å². The molecule has 3 aromatic rings. The second-order valence-corrected chi connectivity index (χ2v) is 7.62. The van der Waals surface area contributed by atoms with Gasteiger partial charge in [-0.15, -0.1) is 0 Å². The summed E-state index contributed by atoms with van der Waals surface area (Å²) < 4.78 is 12.0. The molecule has 0 spiro atoms. The lowest BCUT2D eigenvalue weighted by Gasteiger charge is -2.24. The van der Waals surface area contributed by atoms with Crippen LogP contribution in [0.1, 0.15) is 61.3 Å². The fourth-order valence-corrected chi connectivity index (χ4v) is 3.81. The van der Waals surface area contributed by atoms with E-state index in [1.54, 1.807) is 36.4 Å². The Labute approximate surface area is 185 Å². The van der Waals surface area contributed by atoms with Gasteiger partial charge in [0.2, 0.25) is 5.91 Å². The van der Waals surface area contributed by atoms with E-state index in [2.05, 4.69) is 11.1 Å². The van der Waals surface area contributed by atoms with Crippen molar-refractivity contribution in [1.29, 1.82) is 5.26 Å². The first-order chi connectivity index (χ1) is 15.4. The Kier molecular flexibility index (Phi) is 5.61. The molecule has 2 heterocycles. The molecule has 2 N–H and O–H groups in total. The van der Waals surface area contributed by atoms with Gasteiger partial charge >= 0.3 is 0 Å². The van der Waals surface area contributed by atoms with Crippen LogP contribution in [0.25, 0.3) is 0 Å². The van der Waals surface area contributed by atoms with Gasteiger partial charge in [-0.05, 0) is 55.8 Å². The van der Waals surface area contributed by atoms with Crippen LogP contribution in [0, 0.1) is 25.2 Å². The second-order valence-electron chi connectivity index (χ2n) is 7.62. The van der Waals surface area contributed by atoms with E-state index < -0.39 is 12.0 Å². The van der Waals surface area contributed by atoms with Crippen molar-refractivity contribution in [3.8, 4) is 17.6 Å². The number of carbonyl (C=O) groups is 2. The molecule has 0 fully saturated rings. The number of nitriles is 1. The summed E-state index contributed by atoms with van der Waals surface area (Å²) in [4.78, 5) is 28.1. The number of amides is 1. The normalized spacial score (nSPS) is 13.5. The summed E-state index contributed by atoms with van der Waals surface area (Å²) >= 11 is 0. The molecule has 4 rings (SSSR count). The van der Waals surface area contributed by atoms with Crippen molar-refractivity contribution in [3.05, 3.63) is 87.7 Å². The van der Waals surface area contributed by atoms with Gasteiger partial charge in [0.25, 0.3) is 0 Å². The predicted octanol–water partition coefficient (Wildman–Crippen LogP) is 3.80. The van der Waals surface area contributed by atoms with Gasteiger partial charge in [-0.3, -0.25) is 14.6 Å². The van der Waals surface area contributed by atoms with E-state index in [1.165, 1.54) is 0 Å². The highest BCUT2D eigenvalue weighted by molar-refractivity contribution is 6.00. The van der Waals surface area contributed by atoms with Gasteiger partial charge in [0.05, 0.1) is 12.2 Å². The zero-order chi connectivity index (χ0) is 22.8. The van der Waals surface area contributed by atoms with E-state index in [9.17, 15) is 14.9 Å². The number of nitrogens with two attached hydrogens (primary N) is 1. The van der Waals surface area contributed by atoms with Gasteiger partial charge in [0.1, 0.15) is 23.5 Å². The number of hydrogen-bond acceptors (Lipinski definition) is 6. The van der Waals surface area contributed by atoms with Crippen molar-refractivity contribution in [2.45, 2.75) is 26.4 Å². The molecule has 0 aliphatic carbocycles. The number of primary amides is 1. The van der Waals surface area contributed by atoms with Gasteiger partial charge in [-0.1, -0.05) is 12.1 Å². The Balaban J connectivity index is 1.82. The topological polar surface area (TPSA) is 115 Å². The number of ketones is 1. The molecular formula is C25H21N3O4. The molecule has 1 amide bonds. The van der Waals surface area contributed by atoms with Crippen LogP contribution in [-0.2, 0) is 0 Å². The van der Waals surface area contributed by atoms with E-state index >= 15 is 0 Å². The zero-order valence-corrected chi connectivity index (χ0v) is 17.7. The number of Topliss-reactive ketones (excluding diaryl/α,β-unsaturated/α-hetero) is 1. The summed E-state index contributed by atoms with van der Waals surface area (Å²) in [5, 5.41) is 9.82. The number of aryl methyl sites for hydroxylation is 2. The quantitative estimate of drug-likeness (QED) is 0.662. The number of pyridine rings is 1. The molecular weight excluding hydrogens is 406 g/mol. The Morgan fingerprint density at radius 2 is 1.81 bits per heavy atom. The molecule has 1 atom stereocenters. The van der Waals surface area contributed by atoms with Gasteiger partial charge in [-0.25, -0.2) is 0 Å². The first kappa shape index (κ1) is 21.1. The number of carbonyl (C=O) groups excluding carboxylic acids is 2. The van der Waals surface area contributed by atoms with Gasteiger partial charge in [-0.2, -0.15) is 5.26 Å². The monoisotopic (exact) mass is 427 g/mol. The van der Waals surface area contributed by atoms with Crippen LogP contribution in [0.5, 0.6) is 11.5 Å². The number of rotatable bonds is 5. The first-order valence-electron chi connectivity index (χ1n) is 10.1. The summed E-state index contributed by atoms with van der Waals surface area (Å²) in [5.74, 6) is -0.0237. The molecule has 0 saturated heterocycles. The molecule has 7 heteroatoms. The van der Waals surface area contributed by atoms with Crippen LogP contribution in [0.2, 0.25) is 0 Å². The van der Waals surface area contributed by atoms with Gasteiger partial charge in [0, 0.05) is 28.9 Å². The van der Waals surface area contributed by atoms with Crippen LogP contribution in [-0.4, -0.2) is 23.3 Å². The van der Waals surface area contributed by atoms with Crippen molar-refractivity contribution in [1.82, 2.24) is 4.98 Å². The third-order valence-electron chi connectivity index (χ3n) is 5.26. The average molecular weight is 427 g/mol. The van der Waals surface area contributed by atoms with Crippen molar-refractivity contribution < 1.29 is 19.1 Å². The molecule has 1 aliphatic heterocycles. The summed E-state index contributed by atoms with van der Waals surface area (Å²) in [6.45, 7) is 4.01. The third kappa shape index (κ3) is 4.03. The lowest BCUT2D eigenvalue weighted by atomic mass is 9.98. The average Bonchev–Trinajstić information content (AvgIpc) is 2.76. The van der Waals surface area contributed by atoms with E-state index in [1.807, 2.05) is 26.0 Å². The maximum absolute atomic E-state index is 12.2. The number of benzene rings is 2. The number of hydrogen-bond donors (Lipinski definition) is 1. The summed E-state index contributed by atoms with van der Waals surface area (Å²) in [6, 6.07) is 16.0. The minimum Gasteiger partial charge on any atom is -0.491 e. The molecule has 32 heavy (non-hydrogen) atoms. The lowest BCUT2D eigenvalue weighted by Crippen LogP contribution is -2.18. The smallest absolute Gasteiger partial charge is 0.248 e. The van der Waals surface area contributed by atoms with Crippen molar-refractivity contribution in [3.63, 3.8) is 0 Å². The van der Waals surface area contributed by atoms with E-state index in [0.29, 0.717) is 16.9 Å². The standard InChI is InChI=1S/C25H21N3O4/c1-14-11-18(12-15(2)28-14)23(16-3-5-17(6-4-16)25(27)30)32-22-8-7-19-21(29)9-10-31-24(19)20(22)13-26/h3-8,11-12,23H,9-10H2,1-2H3,(H2,27,30)/t23-/m0/s1. The van der Waals surface area contributed by atoms with Crippen molar-refractivity contribution in [2.24, 2.45) is 5.73 Å². The lowest BCUT2D eigenvalue weighted by molar-refractivity contribution is 0.0931. The van der Waals surface area contributed by atoms with Crippen LogP contribution in [0.3, 0.4) is 0 Å². The second kappa shape index (κ2) is 8.52. The predicted molar refractivity (Wildman–Crippen MR) is 117 cm³/mol. The molecule has 0 saturated carbocycles. The largest absolute Gasteiger partial charge is 0.491 e. The van der Waals surface area contributed by atoms with Crippen LogP contribution >= 0.6 is 0 Å². The maximum atomic E-state index is 12.2. The van der Waals surface area contributed by atoms with Gasteiger partial charge < -0.3 is 15.2 Å². The van der Waals surface area contributed by atoms with E-state index in [4.69, 9.17) is 15.2 Å². The molecule has 7 nitrogen and oxygen atoms in total. The van der Waals surface area contributed by atoms with Crippen LogP contribution in [0.15, 0.2) is 48.5 Å². The van der Waals surface area contributed by atoms with Crippen molar-refractivity contribution in [2.75, 3.05) is 6.61 Å². The minimum absolute atomic E-state index is 0.0618. The Morgan fingerprint density at radius 1 is 1.12 bits per heavy atom. The highest BCUT2D eigenvalue weighted by Gasteiger charge is 2.26. The summed E-state index contributed by atoms with van der Waals surface area (Å²) in [5.41, 5.74) is 9.56. The maximum Gasteiger partial charge on any atom is 0.248 e. The highest BCUT2D eigenvalue weighted by Crippen LogP contribution is 2.38. The molecule has 0 bridgehead atoms. The molecule has 0 radical (unpaired) electrons. The molecule has 160 valence electrons. The Bertz CT molecular complexity index is 1240. The number of nitrogens with zero attached hydrogens (tertiary/aromatic N) is 2. The fourth-order valence-electron chi connectivity index (χ4n) is 3.81. The van der Waals surface area contributed by atoms with E-state index in [0.717, 1.165) is 22.5 Å². The van der Waals surface area contributed by atoms with E-state index in [-0.39, 0.29) is 30.1 Å². The minimum atomic E-state index is -0.596. The van der Waals surface area contributed by atoms with Gasteiger partial charge in [0.15, 0.2) is 11.5 Å². The third-order valence-corrected chi connectivity index (χ3v) is 5.26. The SMILES string of the molecule is Cc1cc([C@@H](Oc2ccc3c(c2C#N)OCCC3=O)c2ccc(C(N)=O)cc2)cc(C)n1. The summed E-state index contributed by atoms with van der Waals surface area (Å²) in [7, 11) is 0. The zero-order valence-electron chi connectivity index (χ0n) is 17.7. The number of fused-ring (bicyclic) bond motifs is 1. The Hall–Kier alpha value is -4.18. The van der Waals surface area contributed by atoms with Crippen LogP contribution in [0.4, 0.5) is 0 Å². The first-order valence-corrected chi connectivity index (χ1v) is 10.1. The van der Waals surface area contributed by atoms with Crippen molar-refractivity contribution >= 4 is 11.7 Å². The molecule has 1 aromatic heterocycles. The molecule has 0 unspecified atom stereocenters. The Morgan fingerprint density at radius 3 is 2.44 bits per heavy atom. The fraction of sp³-hybridized carbons (Fsp3) is 0.200.